The van der Waals surface area contributed by atoms with Gasteiger partial charge in [-0.3, -0.25) is 4.79 Å². The summed E-state index contributed by atoms with van der Waals surface area (Å²) in [6.45, 7) is 3.83. The summed E-state index contributed by atoms with van der Waals surface area (Å²) in [5, 5.41) is 8.94. The van der Waals surface area contributed by atoms with Crippen LogP contribution in [-0.4, -0.2) is 11.1 Å². The van der Waals surface area contributed by atoms with Gasteiger partial charge in [0, 0.05) is 9.75 Å². The van der Waals surface area contributed by atoms with Gasteiger partial charge in [0.1, 0.15) is 0 Å². The lowest BCUT2D eigenvalue weighted by atomic mass is 10.0. The first kappa shape index (κ1) is 12.8. The molecule has 1 atom stereocenters. The molecular weight excluding hydrogens is 244 g/mol. The second-order valence-corrected chi connectivity index (χ2v) is 5.83. The molecule has 0 saturated carbocycles. The Labute approximate surface area is 111 Å². The average Bonchev–Trinajstić information content (AvgIpc) is 2.71. The molecule has 0 fully saturated rings. The van der Waals surface area contributed by atoms with Crippen molar-refractivity contribution in [2.24, 2.45) is 5.92 Å². The lowest BCUT2D eigenvalue weighted by molar-refractivity contribution is -0.141. The summed E-state index contributed by atoms with van der Waals surface area (Å²) in [7, 11) is 0. The summed E-state index contributed by atoms with van der Waals surface area (Å²) < 4.78 is 0. The van der Waals surface area contributed by atoms with Crippen molar-refractivity contribution in [3.63, 3.8) is 0 Å². The molecule has 0 saturated heterocycles. The fraction of sp³-hybridized carbons (Fsp3) is 0.267. The Morgan fingerprint density at radius 2 is 2.00 bits per heavy atom. The van der Waals surface area contributed by atoms with Crippen LogP contribution in [0.15, 0.2) is 36.4 Å². The van der Waals surface area contributed by atoms with Crippen molar-refractivity contribution in [2.75, 3.05) is 0 Å². The minimum Gasteiger partial charge on any atom is -0.481 e. The van der Waals surface area contributed by atoms with E-state index in [1.807, 2.05) is 18.2 Å². The Kier molecular flexibility index (Phi) is 3.82. The van der Waals surface area contributed by atoms with Crippen LogP contribution < -0.4 is 0 Å². The second-order valence-electron chi connectivity index (χ2n) is 4.49. The fourth-order valence-corrected chi connectivity index (χ4v) is 3.13. The van der Waals surface area contributed by atoms with Gasteiger partial charge < -0.3 is 5.11 Å². The van der Waals surface area contributed by atoms with Gasteiger partial charge in [-0.2, -0.15) is 0 Å². The predicted molar refractivity (Wildman–Crippen MR) is 75.0 cm³/mol. The summed E-state index contributed by atoms with van der Waals surface area (Å²) in [6.07, 6.45) is 0.605. The molecular formula is C15H16O2S. The molecule has 2 rings (SSSR count). The molecule has 0 radical (unpaired) electrons. The highest BCUT2D eigenvalue weighted by molar-refractivity contribution is 7.12. The van der Waals surface area contributed by atoms with Gasteiger partial charge in [0.25, 0.3) is 0 Å². The van der Waals surface area contributed by atoms with E-state index >= 15 is 0 Å². The molecule has 1 N–H and O–H groups in total. The maximum absolute atomic E-state index is 10.9. The number of carboxylic acids is 1. The monoisotopic (exact) mass is 260 g/mol. The van der Waals surface area contributed by atoms with Gasteiger partial charge >= 0.3 is 5.97 Å². The summed E-state index contributed by atoms with van der Waals surface area (Å²) in [4.78, 5) is 13.3. The smallest absolute Gasteiger partial charge is 0.306 e. The first-order chi connectivity index (χ1) is 8.58. The van der Waals surface area contributed by atoms with Crippen molar-refractivity contribution >= 4 is 17.3 Å². The van der Waals surface area contributed by atoms with E-state index in [1.165, 1.54) is 16.0 Å². The maximum atomic E-state index is 10.9. The molecule has 3 heteroatoms. The molecule has 94 valence electrons. The predicted octanol–water partition coefficient (Wildman–Crippen LogP) is 3.99. The Morgan fingerprint density at radius 1 is 1.33 bits per heavy atom. The van der Waals surface area contributed by atoms with Gasteiger partial charge in [0.2, 0.25) is 0 Å². The van der Waals surface area contributed by atoms with Crippen LogP contribution in [0.1, 0.15) is 16.7 Å². The summed E-state index contributed by atoms with van der Waals surface area (Å²) in [6, 6.07) is 12.3. The largest absolute Gasteiger partial charge is 0.481 e. The molecule has 0 aliphatic rings. The molecule has 2 nitrogen and oxygen atoms in total. The first-order valence-electron chi connectivity index (χ1n) is 5.95. The van der Waals surface area contributed by atoms with Gasteiger partial charge in [-0.25, -0.2) is 0 Å². The summed E-state index contributed by atoms with van der Waals surface area (Å²) in [5.74, 6) is -1.06. The van der Waals surface area contributed by atoms with E-state index < -0.39 is 5.97 Å². The van der Waals surface area contributed by atoms with Crippen molar-refractivity contribution in [3.05, 3.63) is 46.2 Å². The number of benzene rings is 1. The highest BCUT2D eigenvalue weighted by Gasteiger charge is 2.14. The average molecular weight is 260 g/mol. The Morgan fingerprint density at radius 3 is 2.61 bits per heavy atom. The second kappa shape index (κ2) is 5.36. The van der Waals surface area contributed by atoms with E-state index in [2.05, 4.69) is 25.1 Å². The molecule has 2 aromatic rings. The number of hydrogen-bond donors (Lipinski definition) is 1. The first-order valence-corrected chi connectivity index (χ1v) is 6.77. The minimum atomic E-state index is -0.734. The van der Waals surface area contributed by atoms with Gasteiger partial charge in [-0.05, 0) is 30.5 Å². The topological polar surface area (TPSA) is 37.3 Å². The number of hydrogen-bond acceptors (Lipinski definition) is 2. The molecule has 1 aromatic heterocycles. The standard InChI is InChI=1S/C15H16O2S/c1-10(15(16)17)8-13-9-14(11(2)18-13)12-6-4-3-5-7-12/h3-7,9-10H,8H2,1-2H3,(H,16,17). The quantitative estimate of drug-likeness (QED) is 0.902. The normalized spacial score (nSPS) is 12.3. The van der Waals surface area contributed by atoms with Crippen LogP contribution in [0.3, 0.4) is 0 Å². The van der Waals surface area contributed by atoms with Crippen LogP contribution in [0.5, 0.6) is 0 Å². The van der Waals surface area contributed by atoms with E-state index in [4.69, 9.17) is 5.11 Å². The third-order valence-electron chi connectivity index (χ3n) is 2.98. The summed E-state index contributed by atoms with van der Waals surface area (Å²) >= 11 is 1.69. The van der Waals surface area contributed by atoms with Crippen LogP contribution in [0, 0.1) is 12.8 Å². The Bertz CT molecular complexity index is 543. The lowest BCUT2D eigenvalue weighted by Gasteiger charge is -2.02. The molecule has 0 amide bonds. The van der Waals surface area contributed by atoms with Crippen LogP contribution in [0.4, 0.5) is 0 Å². The van der Waals surface area contributed by atoms with Crippen molar-refractivity contribution in [2.45, 2.75) is 20.3 Å². The van der Waals surface area contributed by atoms with Crippen LogP contribution in [0.2, 0.25) is 0 Å². The number of aryl methyl sites for hydroxylation is 1. The van der Waals surface area contributed by atoms with Crippen molar-refractivity contribution in [1.82, 2.24) is 0 Å². The highest BCUT2D eigenvalue weighted by Crippen LogP contribution is 2.32. The summed E-state index contributed by atoms with van der Waals surface area (Å²) in [5.41, 5.74) is 2.41. The molecule has 0 bridgehead atoms. The zero-order valence-corrected chi connectivity index (χ0v) is 11.3. The van der Waals surface area contributed by atoms with E-state index in [9.17, 15) is 4.79 Å². The van der Waals surface area contributed by atoms with Crippen LogP contribution >= 0.6 is 11.3 Å². The SMILES string of the molecule is Cc1sc(CC(C)C(=O)O)cc1-c1ccccc1. The minimum absolute atomic E-state index is 0.327. The number of rotatable bonds is 4. The van der Waals surface area contributed by atoms with Crippen molar-refractivity contribution in [1.29, 1.82) is 0 Å². The lowest BCUT2D eigenvalue weighted by Crippen LogP contribution is -2.11. The van der Waals surface area contributed by atoms with E-state index in [0.29, 0.717) is 6.42 Å². The molecule has 0 aliphatic heterocycles. The van der Waals surface area contributed by atoms with Gasteiger partial charge in [0.05, 0.1) is 5.92 Å². The number of aliphatic carboxylic acids is 1. The van der Waals surface area contributed by atoms with E-state index in [-0.39, 0.29) is 5.92 Å². The molecule has 0 spiro atoms. The van der Waals surface area contributed by atoms with Crippen LogP contribution in [-0.2, 0) is 11.2 Å². The van der Waals surface area contributed by atoms with E-state index in [1.54, 1.807) is 18.3 Å². The fourth-order valence-electron chi connectivity index (χ4n) is 1.94. The highest BCUT2D eigenvalue weighted by atomic mass is 32.1. The number of carboxylic acid groups (broad SMARTS) is 1. The third kappa shape index (κ3) is 2.79. The van der Waals surface area contributed by atoms with Crippen LogP contribution in [0.25, 0.3) is 11.1 Å². The zero-order valence-electron chi connectivity index (χ0n) is 10.5. The zero-order chi connectivity index (χ0) is 13.1. The number of thiophene rings is 1. The van der Waals surface area contributed by atoms with Crippen molar-refractivity contribution in [3.8, 4) is 11.1 Å². The Hall–Kier alpha value is -1.61. The number of carbonyl (C=O) groups is 1. The molecule has 1 heterocycles. The Balaban J connectivity index is 2.25. The van der Waals surface area contributed by atoms with Gasteiger partial charge in [-0.15, -0.1) is 11.3 Å². The molecule has 18 heavy (non-hydrogen) atoms. The third-order valence-corrected chi connectivity index (χ3v) is 4.06. The molecule has 1 unspecified atom stereocenters. The molecule has 1 aromatic carbocycles. The molecule has 0 aliphatic carbocycles. The maximum Gasteiger partial charge on any atom is 0.306 e. The van der Waals surface area contributed by atoms with Crippen molar-refractivity contribution < 1.29 is 9.90 Å². The van der Waals surface area contributed by atoms with Gasteiger partial charge in [-0.1, -0.05) is 37.3 Å². The van der Waals surface area contributed by atoms with Gasteiger partial charge in [0.15, 0.2) is 0 Å². The van der Waals surface area contributed by atoms with E-state index in [0.717, 1.165) is 4.88 Å².